The number of hydrogen-bond acceptors (Lipinski definition) is 2. The van der Waals surface area contributed by atoms with Crippen molar-refractivity contribution in [1.82, 2.24) is 4.98 Å². The summed E-state index contributed by atoms with van der Waals surface area (Å²) in [4.78, 5) is 4.14. The first-order valence-corrected chi connectivity index (χ1v) is 4.69. The molecular weight excluding hydrogens is 190 g/mol. The molecule has 0 unspecified atom stereocenters. The molecule has 0 saturated carbocycles. The molecule has 0 aliphatic rings. The summed E-state index contributed by atoms with van der Waals surface area (Å²) in [6, 6.07) is 10.7. The molecule has 0 N–H and O–H groups in total. The van der Waals surface area contributed by atoms with Gasteiger partial charge in [0.15, 0.2) is 0 Å². The van der Waals surface area contributed by atoms with Crippen LogP contribution in [0, 0.1) is 6.07 Å². The van der Waals surface area contributed by atoms with Crippen LogP contribution in [0.25, 0.3) is 10.6 Å². The van der Waals surface area contributed by atoms with Crippen LogP contribution in [0.2, 0.25) is 5.15 Å². The molecule has 2 rings (SSSR count). The van der Waals surface area contributed by atoms with E-state index in [1.165, 1.54) is 11.3 Å². The molecule has 1 nitrogen and oxygen atoms in total. The number of rotatable bonds is 1. The van der Waals surface area contributed by atoms with Crippen LogP contribution >= 0.6 is 22.9 Å². The summed E-state index contributed by atoms with van der Waals surface area (Å²) in [6.07, 6.45) is 0. The lowest BCUT2D eigenvalue weighted by atomic mass is 10.2. The number of benzene rings is 1. The van der Waals surface area contributed by atoms with Crippen molar-refractivity contribution < 1.29 is 0 Å². The molecule has 0 saturated heterocycles. The maximum Gasteiger partial charge on any atom is 0.140 e. The second-order valence-corrected chi connectivity index (χ2v) is 3.51. The van der Waals surface area contributed by atoms with E-state index in [0.717, 1.165) is 10.6 Å². The normalized spacial score (nSPS) is 10.1. The van der Waals surface area contributed by atoms with Gasteiger partial charge in [0.25, 0.3) is 0 Å². The topological polar surface area (TPSA) is 12.9 Å². The Kier molecular flexibility index (Phi) is 2.11. The van der Waals surface area contributed by atoms with E-state index in [0.29, 0.717) is 5.15 Å². The largest absolute Gasteiger partial charge is 0.224 e. The molecule has 0 aliphatic carbocycles. The van der Waals surface area contributed by atoms with Gasteiger partial charge >= 0.3 is 0 Å². The van der Waals surface area contributed by atoms with Gasteiger partial charge in [-0.1, -0.05) is 29.8 Å². The van der Waals surface area contributed by atoms with E-state index in [1.807, 2.05) is 29.6 Å². The van der Waals surface area contributed by atoms with Crippen molar-refractivity contribution >= 4 is 22.9 Å². The predicted molar refractivity (Wildman–Crippen MR) is 51.4 cm³/mol. The molecule has 0 atom stereocenters. The lowest BCUT2D eigenvalue weighted by molar-refractivity contribution is 1.41. The summed E-state index contributed by atoms with van der Waals surface area (Å²) in [7, 11) is 0. The molecule has 1 heterocycles. The van der Waals surface area contributed by atoms with Crippen molar-refractivity contribution in [1.29, 1.82) is 0 Å². The number of halogens is 1. The molecule has 1 aromatic heterocycles. The lowest BCUT2D eigenvalue weighted by Crippen LogP contribution is -1.73. The molecule has 1 radical (unpaired) electrons. The highest BCUT2D eigenvalue weighted by molar-refractivity contribution is 7.13. The second kappa shape index (κ2) is 3.25. The van der Waals surface area contributed by atoms with E-state index in [4.69, 9.17) is 11.6 Å². The van der Waals surface area contributed by atoms with E-state index in [9.17, 15) is 0 Å². The lowest BCUT2D eigenvalue weighted by Gasteiger charge is -1.91. The molecule has 59 valence electrons. The van der Waals surface area contributed by atoms with Gasteiger partial charge in [0.05, 0.1) is 0 Å². The zero-order chi connectivity index (χ0) is 8.39. The highest BCUT2D eigenvalue weighted by Crippen LogP contribution is 2.24. The molecule has 0 aliphatic heterocycles. The van der Waals surface area contributed by atoms with Crippen LogP contribution in [0.5, 0.6) is 0 Å². The third-order valence-electron chi connectivity index (χ3n) is 1.43. The fourth-order valence-electron chi connectivity index (χ4n) is 0.913. The van der Waals surface area contributed by atoms with Crippen LogP contribution < -0.4 is 0 Å². The summed E-state index contributed by atoms with van der Waals surface area (Å²) in [5, 5.41) is 3.32. The third kappa shape index (κ3) is 1.49. The first-order valence-electron chi connectivity index (χ1n) is 3.44. The minimum Gasteiger partial charge on any atom is -0.224 e. The van der Waals surface area contributed by atoms with Crippen LogP contribution in [0.3, 0.4) is 0 Å². The molecular formula is C9H5ClNS. The molecule has 1 aromatic carbocycles. The maximum atomic E-state index is 5.70. The highest BCUT2D eigenvalue weighted by Gasteiger charge is 2.00. The molecule has 12 heavy (non-hydrogen) atoms. The van der Waals surface area contributed by atoms with Gasteiger partial charge in [-0.25, -0.2) is 4.98 Å². The smallest absolute Gasteiger partial charge is 0.140 e. The molecule has 0 spiro atoms. The SMILES string of the molecule is Clc1csc(-c2c[c]ccc2)n1. The summed E-state index contributed by atoms with van der Waals surface area (Å²) < 4.78 is 0. The standard InChI is InChI=1S/C9H5ClNS/c10-8-6-12-9(11-8)7-4-2-1-3-5-7/h1-2,4-6H. The van der Waals surface area contributed by atoms with Crippen LogP contribution in [0.15, 0.2) is 29.6 Å². The van der Waals surface area contributed by atoms with Gasteiger partial charge < -0.3 is 0 Å². The fourth-order valence-corrected chi connectivity index (χ4v) is 1.86. The predicted octanol–water partition coefficient (Wildman–Crippen LogP) is 3.26. The molecule has 0 bridgehead atoms. The molecule has 3 heteroatoms. The van der Waals surface area contributed by atoms with Gasteiger partial charge in [0.1, 0.15) is 10.2 Å². The Morgan fingerprint density at radius 1 is 1.50 bits per heavy atom. The van der Waals surface area contributed by atoms with Crippen LogP contribution in [0.4, 0.5) is 0 Å². The Morgan fingerprint density at radius 2 is 2.42 bits per heavy atom. The summed E-state index contributed by atoms with van der Waals surface area (Å²) in [6.45, 7) is 0. The fraction of sp³-hybridized carbons (Fsp3) is 0. The van der Waals surface area contributed by atoms with Crippen molar-refractivity contribution in [3.63, 3.8) is 0 Å². The molecule has 0 amide bonds. The zero-order valence-electron chi connectivity index (χ0n) is 6.12. The minimum atomic E-state index is 0.554. The monoisotopic (exact) mass is 194 g/mol. The number of thiazole rings is 1. The number of nitrogens with zero attached hydrogens (tertiary/aromatic N) is 1. The van der Waals surface area contributed by atoms with Gasteiger partial charge in [-0.15, -0.1) is 11.3 Å². The summed E-state index contributed by atoms with van der Waals surface area (Å²) in [5.74, 6) is 0. The van der Waals surface area contributed by atoms with Crippen molar-refractivity contribution in [3.05, 3.63) is 40.9 Å². The second-order valence-electron chi connectivity index (χ2n) is 2.27. The van der Waals surface area contributed by atoms with Gasteiger partial charge in [-0.05, 0) is 12.1 Å². The number of aromatic nitrogens is 1. The van der Waals surface area contributed by atoms with Crippen molar-refractivity contribution in [2.24, 2.45) is 0 Å². The third-order valence-corrected chi connectivity index (χ3v) is 2.64. The van der Waals surface area contributed by atoms with Crippen LogP contribution in [-0.4, -0.2) is 4.98 Å². The maximum absolute atomic E-state index is 5.70. The van der Waals surface area contributed by atoms with Crippen LogP contribution in [-0.2, 0) is 0 Å². The van der Waals surface area contributed by atoms with Gasteiger partial charge in [0.2, 0.25) is 0 Å². The van der Waals surface area contributed by atoms with E-state index < -0.39 is 0 Å². The quantitative estimate of drug-likeness (QED) is 0.679. The van der Waals surface area contributed by atoms with Crippen molar-refractivity contribution in [2.45, 2.75) is 0 Å². The summed E-state index contributed by atoms with van der Waals surface area (Å²) >= 11 is 7.24. The van der Waals surface area contributed by atoms with Gasteiger partial charge in [-0.2, -0.15) is 0 Å². The minimum absolute atomic E-state index is 0.554. The Hall–Kier alpha value is -0.860. The van der Waals surface area contributed by atoms with E-state index in [1.54, 1.807) is 0 Å². The van der Waals surface area contributed by atoms with E-state index in [2.05, 4.69) is 11.1 Å². The Labute approximate surface area is 79.7 Å². The average molecular weight is 195 g/mol. The van der Waals surface area contributed by atoms with Crippen molar-refractivity contribution in [2.75, 3.05) is 0 Å². The van der Waals surface area contributed by atoms with Crippen molar-refractivity contribution in [3.8, 4) is 10.6 Å². The Morgan fingerprint density at radius 3 is 3.00 bits per heavy atom. The van der Waals surface area contributed by atoms with E-state index in [-0.39, 0.29) is 0 Å². The van der Waals surface area contributed by atoms with Crippen LogP contribution in [0.1, 0.15) is 0 Å². The van der Waals surface area contributed by atoms with Gasteiger partial charge in [0, 0.05) is 10.9 Å². The average Bonchev–Trinajstić information content (AvgIpc) is 2.54. The Balaban J connectivity index is 2.45. The first kappa shape index (κ1) is 7.77. The highest BCUT2D eigenvalue weighted by atomic mass is 35.5. The number of hydrogen-bond donors (Lipinski definition) is 0. The molecule has 2 aromatic rings. The first-order chi connectivity index (χ1) is 5.86. The molecule has 0 fully saturated rings. The zero-order valence-corrected chi connectivity index (χ0v) is 7.69. The summed E-state index contributed by atoms with van der Waals surface area (Å²) in [5.41, 5.74) is 1.06. The Bertz CT molecular complexity index is 369. The van der Waals surface area contributed by atoms with E-state index >= 15 is 0 Å². The van der Waals surface area contributed by atoms with Gasteiger partial charge in [-0.3, -0.25) is 0 Å².